The number of aromatic nitrogens is 2. The van der Waals surface area contributed by atoms with E-state index >= 15 is 0 Å². The molecule has 0 aliphatic heterocycles. The third kappa shape index (κ3) is 4.60. The predicted molar refractivity (Wildman–Crippen MR) is 84.7 cm³/mol. The molecule has 0 spiro atoms. The maximum absolute atomic E-state index is 13.2. The lowest BCUT2D eigenvalue weighted by Crippen LogP contribution is -2.08. The van der Waals surface area contributed by atoms with Gasteiger partial charge in [0.1, 0.15) is 10.7 Å². The van der Waals surface area contributed by atoms with Crippen LogP contribution >= 0.6 is 58.2 Å². The van der Waals surface area contributed by atoms with Crippen LogP contribution in [0, 0.1) is 6.92 Å². The Balaban J connectivity index is 2.51. The van der Waals surface area contributed by atoms with Crippen molar-refractivity contribution in [2.24, 2.45) is 0 Å². The van der Waals surface area contributed by atoms with Gasteiger partial charge < -0.3 is 0 Å². The molecule has 11 heteroatoms. The molecular weight excluding hydrogens is 422 g/mol. The summed E-state index contributed by atoms with van der Waals surface area (Å²) in [6.07, 6.45) is -4.59. The van der Waals surface area contributed by atoms with E-state index in [1.807, 2.05) is 0 Å². The van der Waals surface area contributed by atoms with Crippen LogP contribution in [-0.4, -0.2) is 13.7 Å². The number of nitrogens with zero attached hydrogens (tertiary/aromatic N) is 2. The number of thioether (sulfide) groups is 1. The van der Waals surface area contributed by atoms with Gasteiger partial charge in [0.2, 0.25) is 0 Å². The lowest BCUT2D eigenvalue weighted by molar-refractivity contribution is -0.137. The molecule has 0 atom stereocenters. The first kappa shape index (κ1) is 19.0. The Morgan fingerprint density at radius 3 is 2.00 bits per heavy atom. The molecule has 0 bridgehead atoms. The van der Waals surface area contributed by atoms with Crippen molar-refractivity contribution in [3.8, 4) is 5.69 Å². The summed E-state index contributed by atoms with van der Waals surface area (Å²) in [6, 6.07) is 2.91. The second kappa shape index (κ2) is 6.52. The first-order valence-electron chi connectivity index (χ1n) is 5.77. The normalized spacial score (nSPS) is 12.7. The molecule has 1 heterocycles. The van der Waals surface area contributed by atoms with Gasteiger partial charge in [-0.25, -0.2) is 4.68 Å². The summed E-state index contributed by atoms with van der Waals surface area (Å²) < 4.78 is 50.0. The van der Waals surface area contributed by atoms with Crippen molar-refractivity contribution in [2.75, 3.05) is 0 Å². The first-order chi connectivity index (χ1) is 10.4. The summed E-state index contributed by atoms with van der Waals surface area (Å²) in [5, 5.41) is 3.60. The van der Waals surface area contributed by atoms with E-state index in [1.165, 1.54) is 10.7 Å². The fourth-order valence-electron chi connectivity index (χ4n) is 1.77. The van der Waals surface area contributed by atoms with Crippen molar-refractivity contribution >= 4 is 58.2 Å². The Hall–Kier alpha value is -0.340. The summed E-state index contributed by atoms with van der Waals surface area (Å²) in [5.74, 6) is 0. The minimum absolute atomic E-state index is 0.0410. The Morgan fingerprint density at radius 2 is 1.57 bits per heavy atom. The number of halogens is 8. The standard InChI is InChI=1S/C12H6Cl4F4N2S/c1-5-2-9(23-12(15,16)20)21-22(5)10-7(13)3-6(4-8(10)14)11(17,18)19/h2-4H,1H3. The molecular formula is C12H6Cl4F4N2S. The number of rotatable bonds is 3. The van der Waals surface area contributed by atoms with E-state index in [4.69, 9.17) is 46.4 Å². The maximum atomic E-state index is 13.2. The molecule has 0 aliphatic carbocycles. The van der Waals surface area contributed by atoms with Gasteiger partial charge in [0.15, 0.2) is 0 Å². The molecule has 0 amide bonds. The zero-order valence-electron chi connectivity index (χ0n) is 11.1. The number of aryl methyl sites for hydroxylation is 1. The molecule has 0 radical (unpaired) electrons. The van der Waals surface area contributed by atoms with Gasteiger partial charge in [-0.2, -0.15) is 22.7 Å². The average molecular weight is 428 g/mol. The topological polar surface area (TPSA) is 17.8 Å². The van der Waals surface area contributed by atoms with E-state index in [-0.39, 0.29) is 20.8 Å². The summed E-state index contributed by atoms with van der Waals surface area (Å²) in [5.41, 5.74) is -0.493. The molecule has 126 valence electrons. The fraction of sp³-hybridized carbons (Fsp3) is 0.250. The lowest BCUT2D eigenvalue weighted by atomic mass is 10.2. The molecule has 0 fully saturated rings. The number of hydrogen-bond donors (Lipinski definition) is 0. The van der Waals surface area contributed by atoms with Crippen LogP contribution in [0.1, 0.15) is 11.3 Å². The van der Waals surface area contributed by atoms with Crippen LogP contribution in [0.2, 0.25) is 10.0 Å². The number of benzene rings is 1. The lowest BCUT2D eigenvalue weighted by Gasteiger charge is -2.13. The van der Waals surface area contributed by atoms with Gasteiger partial charge in [-0.1, -0.05) is 46.4 Å². The highest BCUT2D eigenvalue weighted by molar-refractivity contribution is 8.03. The zero-order chi connectivity index (χ0) is 17.6. The Bertz CT molecular complexity index is 717. The molecule has 2 aromatic rings. The van der Waals surface area contributed by atoms with Gasteiger partial charge >= 0.3 is 10.1 Å². The van der Waals surface area contributed by atoms with Crippen LogP contribution in [0.25, 0.3) is 5.69 Å². The first-order valence-corrected chi connectivity index (χ1v) is 8.10. The molecule has 1 aromatic carbocycles. The van der Waals surface area contributed by atoms with E-state index in [0.717, 1.165) is 12.1 Å². The molecule has 1 aromatic heterocycles. The molecule has 0 aliphatic rings. The summed E-state index contributed by atoms with van der Waals surface area (Å²) in [6.45, 7) is 1.59. The van der Waals surface area contributed by atoms with E-state index in [0.29, 0.717) is 17.5 Å². The predicted octanol–water partition coefficient (Wildman–Crippen LogP) is 6.66. The van der Waals surface area contributed by atoms with Crippen molar-refractivity contribution in [1.82, 2.24) is 9.78 Å². The SMILES string of the molecule is Cc1cc(SC(F)(Cl)Cl)nn1-c1c(Cl)cc(C(F)(F)F)cc1Cl. The molecule has 2 rings (SSSR count). The van der Waals surface area contributed by atoms with Crippen molar-refractivity contribution in [3.63, 3.8) is 0 Å². The molecule has 0 saturated carbocycles. The molecule has 0 unspecified atom stereocenters. The van der Waals surface area contributed by atoms with Crippen molar-refractivity contribution < 1.29 is 17.6 Å². The van der Waals surface area contributed by atoms with Crippen LogP contribution in [0.3, 0.4) is 0 Å². The van der Waals surface area contributed by atoms with Crippen LogP contribution in [0.15, 0.2) is 23.2 Å². The van der Waals surface area contributed by atoms with Crippen LogP contribution in [-0.2, 0) is 6.18 Å². The molecule has 23 heavy (non-hydrogen) atoms. The maximum Gasteiger partial charge on any atom is 0.416 e. The summed E-state index contributed by atoms with van der Waals surface area (Å²) >= 11 is 22.7. The second-order valence-corrected chi connectivity index (χ2v) is 8.05. The Morgan fingerprint density at radius 1 is 1.04 bits per heavy atom. The second-order valence-electron chi connectivity index (χ2n) is 4.37. The minimum Gasteiger partial charge on any atom is -0.234 e. The van der Waals surface area contributed by atoms with Crippen LogP contribution in [0.4, 0.5) is 17.6 Å². The zero-order valence-corrected chi connectivity index (χ0v) is 14.9. The van der Waals surface area contributed by atoms with Gasteiger partial charge in [-0.15, -0.1) is 0 Å². The van der Waals surface area contributed by atoms with E-state index in [2.05, 4.69) is 5.10 Å². The smallest absolute Gasteiger partial charge is 0.234 e. The molecule has 0 saturated heterocycles. The molecule has 0 N–H and O–H groups in total. The minimum atomic E-state index is -4.59. The van der Waals surface area contributed by atoms with Crippen molar-refractivity contribution in [3.05, 3.63) is 39.5 Å². The summed E-state index contributed by atoms with van der Waals surface area (Å²) in [4.78, 5) is 0. The Kier molecular flexibility index (Phi) is 5.38. The quantitative estimate of drug-likeness (QED) is 0.309. The highest BCUT2D eigenvalue weighted by Crippen LogP contribution is 2.42. The third-order valence-electron chi connectivity index (χ3n) is 2.64. The van der Waals surface area contributed by atoms with Gasteiger partial charge in [-0.3, -0.25) is 0 Å². The number of hydrogen-bond acceptors (Lipinski definition) is 2. The van der Waals surface area contributed by atoms with Crippen LogP contribution < -0.4 is 0 Å². The average Bonchev–Trinajstić information content (AvgIpc) is 2.65. The van der Waals surface area contributed by atoms with E-state index in [1.54, 1.807) is 6.92 Å². The number of alkyl halides is 6. The highest BCUT2D eigenvalue weighted by Gasteiger charge is 2.32. The van der Waals surface area contributed by atoms with E-state index in [9.17, 15) is 17.6 Å². The van der Waals surface area contributed by atoms with Gasteiger partial charge in [0, 0.05) is 5.69 Å². The monoisotopic (exact) mass is 426 g/mol. The highest BCUT2D eigenvalue weighted by atomic mass is 35.5. The summed E-state index contributed by atoms with van der Waals surface area (Å²) in [7, 11) is 0. The van der Waals surface area contributed by atoms with Crippen molar-refractivity contribution in [2.45, 2.75) is 22.0 Å². The third-order valence-corrected chi connectivity index (χ3v) is 4.32. The van der Waals surface area contributed by atoms with Gasteiger partial charge in [0.05, 0.1) is 15.6 Å². The largest absolute Gasteiger partial charge is 0.416 e. The van der Waals surface area contributed by atoms with E-state index < -0.39 is 15.7 Å². The van der Waals surface area contributed by atoms with Gasteiger partial charge in [-0.05, 0) is 36.9 Å². The molecule has 2 nitrogen and oxygen atoms in total. The van der Waals surface area contributed by atoms with Gasteiger partial charge in [0.25, 0.3) is 0 Å². The fourth-order valence-corrected chi connectivity index (χ4v) is 3.48. The Labute approximate surface area is 152 Å². The van der Waals surface area contributed by atoms with Crippen LogP contribution in [0.5, 0.6) is 0 Å². The van der Waals surface area contributed by atoms with Crippen molar-refractivity contribution in [1.29, 1.82) is 0 Å².